The molecule has 2 aromatic carbocycles. The molecule has 1 unspecified atom stereocenters. The number of anilines is 3. The summed E-state index contributed by atoms with van der Waals surface area (Å²) in [6.45, 7) is 5.92. The predicted octanol–water partition coefficient (Wildman–Crippen LogP) is 5.08. The standard InChI is InChI=1S/C22H21ClN4O/c1-13-10-17(23)8-9-18(13)25-21(28)19-11-14(2)24-22(26-19)27-15(3)12-16-6-4-5-7-20(16)27/h4-11,15H,12H2,1-3H3,(H,25,28). The summed E-state index contributed by atoms with van der Waals surface area (Å²) in [5, 5.41) is 3.56. The van der Waals surface area contributed by atoms with Crippen LogP contribution in [0, 0.1) is 13.8 Å². The van der Waals surface area contributed by atoms with Crippen molar-refractivity contribution in [1.82, 2.24) is 9.97 Å². The van der Waals surface area contributed by atoms with Crippen molar-refractivity contribution >= 4 is 34.8 Å². The molecule has 1 N–H and O–H groups in total. The molecule has 6 heteroatoms. The van der Waals surface area contributed by atoms with E-state index < -0.39 is 0 Å². The van der Waals surface area contributed by atoms with Gasteiger partial charge in [-0.15, -0.1) is 0 Å². The molecule has 0 fully saturated rings. The highest BCUT2D eigenvalue weighted by atomic mass is 35.5. The first kappa shape index (κ1) is 18.4. The average Bonchev–Trinajstić information content (AvgIpc) is 2.99. The second-order valence-corrected chi connectivity index (χ2v) is 7.60. The van der Waals surface area contributed by atoms with E-state index in [1.54, 1.807) is 18.2 Å². The molecule has 1 aliphatic heterocycles. The first-order chi connectivity index (χ1) is 13.4. The van der Waals surface area contributed by atoms with Crippen molar-refractivity contribution in [3.05, 3.63) is 76.1 Å². The first-order valence-electron chi connectivity index (χ1n) is 9.22. The number of carbonyl (C=O) groups excluding carboxylic acids is 1. The summed E-state index contributed by atoms with van der Waals surface area (Å²) in [5.74, 6) is 0.285. The normalized spacial score (nSPS) is 15.4. The zero-order chi connectivity index (χ0) is 19.8. The molecular formula is C22H21ClN4O. The molecule has 28 heavy (non-hydrogen) atoms. The van der Waals surface area contributed by atoms with Gasteiger partial charge in [0.25, 0.3) is 5.91 Å². The number of aryl methyl sites for hydroxylation is 2. The number of carbonyl (C=O) groups is 1. The number of hydrogen-bond donors (Lipinski definition) is 1. The molecule has 2 heterocycles. The van der Waals surface area contributed by atoms with Crippen LogP contribution in [0.2, 0.25) is 5.02 Å². The Balaban J connectivity index is 1.67. The molecule has 3 aromatic rings. The summed E-state index contributed by atoms with van der Waals surface area (Å²) in [7, 11) is 0. The highest BCUT2D eigenvalue weighted by Gasteiger charge is 2.29. The van der Waals surface area contributed by atoms with Gasteiger partial charge in [-0.05, 0) is 68.7 Å². The number of halogens is 1. The fourth-order valence-corrected chi connectivity index (χ4v) is 3.83. The summed E-state index contributed by atoms with van der Waals surface area (Å²) in [4.78, 5) is 24.1. The van der Waals surface area contributed by atoms with Crippen LogP contribution in [0.5, 0.6) is 0 Å². The van der Waals surface area contributed by atoms with E-state index in [-0.39, 0.29) is 11.9 Å². The van der Waals surface area contributed by atoms with Gasteiger partial charge in [0.05, 0.1) is 0 Å². The van der Waals surface area contributed by atoms with Crippen LogP contribution in [0.4, 0.5) is 17.3 Å². The van der Waals surface area contributed by atoms with Crippen LogP contribution in [0.3, 0.4) is 0 Å². The summed E-state index contributed by atoms with van der Waals surface area (Å²) in [6.07, 6.45) is 0.930. The minimum Gasteiger partial charge on any atom is -0.320 e. The van der Waals surface area contributed by atoms with E-state index >= 15 is 0 Å². The topological polar surface area (TPSA) is 58.1 Å². The molecule has 1 atom stereocenters. The number of nitrogens with one attached hydrogen (secondary N) is 1. The van der Waals surface area contributed by atoms with Gasteiger partial charge in [-0.2, -0.15) is 0 Å². The Morgan fingerprint density at radius 1 is 1.14 bits per heavy atom. The summed E-state index contributed by atoms with van der Waals surface area (Å²) >= 11 is 6.00. The van der Waals surface area contributed by atoms with E-state index in [1.165, 1.54) is 5.56 Å². The molecule has 5 nitrogen and oxygen atoms in total. The lowest BCUT2D eigenvalue weighted by Gasteiger charge is -2.23. The zero-order valence-electron chi connectivity index (χ0n) is 16.0. The molecule has 0 saturated heterocycles. The Labute approximate surface area is 169 Å². The Bertz CT molecular complexity index is 1070. The average molecular weight is 393 g/mol. The van der Waals surface area contributed by atoms with E-state index in [4.69, 9.17) is 11.6 Å². The Hall–Kier alpha value is -2.92. The monoisotopic (exact) mass is 392 g/mol. The van der Waals surface area contributed by atoms with Crippen molar-refractivity contribution in [3.8, 4) is 0 Å². The number of aromatic nitrogens is 2. The number of rotatable bonds is 3. The lowest BCUT2D eigenvalue weighted by molar-refractivity contribution is 0.102. The van der Waals surface area contributed by atoms with Gasteiger partial charge in [-0.1, -0.05) is 29.8 Å². The predicted molar refractivity (Wildman–Crippen MR) is 113 cm³/mol. The fraction of sp³-hybridized carbons (Fsp3) is 0.227. The maximum Gasteiger partial charge on any atom is 0.274 e. The van der Waals surface area contributed by atoms with Crippen molar-refractivity contribution in [1.29, 1.82) is 0 Å². The van der Waals surface area contributed by atoms with E-state index in [0.717, 1.165) is 23.4 Å². The van der Waals surface area contributed by atoms with Crippen LogP contribution < -0.4 is 10.2 Å². The van der Waals surface area contributed by atoms with Crippen molar-refractivity contribution in [2.24, 2.45) is 0 Å². The number of para-hydroxylation sites is 1. The van der Waals surface area contributed by atoms with Gasteiger partial charge >= 0.3 is 0 Å². The highest BCUT2D eigenvalue weighted by molar-refractivity contribution is 6.30. The second-order valence-electron chi connectivity index (χ2n) is 7.16. The molecule has 4 rings (SSSR count). The summed E-state index contributed by atoms with van der Waals surface area (Å²) in [5.41, 5.74) is 5.07. The number of benzene rings is 2. The lowest BCUT2D eigenvalue weighted by Crippen LogP contribution is -2.27. The molecule has 142 valence electrons. The molecule has 1 aliphatic rings. The molecule has 1 amide bonds. The third kappa shape index (κ3) is 3.45. The Kier molecular flexibility index (Phi) is 4.77. The van der Waals surface area contributed by atoms with Crippen molar-refractivity contribution < 1.29 is 4.79 Å². The Morgan fingerprint density at radius 2 is 1.93 bits per heavy atom. The van der Waals surface area contributed by atoms with Crippen molar-refractivity contribution in [2.75, 3.05) is 10.2 Å². The van der Waals surface area contributed by atoms with Gasteiger partial charge in [0.2, 0.25) is 5.95 Å². The number of nitrogens with zero attached hydrogens (tertiary/aromatic N) is 3. The van der Waals surface area contributed by atoms with E-state index in [1.807, 2.05) is 32.0 Å². The third-order valence-corrected chi connectivity index (χ3v) is 5.17. The smallest absolute Gasteiger partial charge is 0.274 e. The number of amides is 1. The minimum absolute atomic E-state index is 0.230. The molecular weight excluding hydrogens is 372 g/mol. The van der Waals surface area contributed by atoms with E-state index in [9.17, 15) is 4.79 Å². The van der Waals surface area contributed by atoms with Crippen LogP contribution in [0.1, 0.15) is 34.2 Å². The summed E-state index contributed by atoms with van der Waals surface area (Å²) in [6, 6.07) is 15.5. The van der Waals surface area contributed by atoms with Crippen LogP contribution >= 0.6 is 11.6 Å². The van der Waals surface area contributed by atoms with Crippen LogP contribution in [0.25, 0.3) is 0 Å². The van der Waals surface area contributed by atoms with Gasteiger partial charge < -0.3 is 10.2 Å². The van der Waals surface area contributed by atoms with Gasteiger partial charge in [-0.3, -0.25) is 4.79 Å². The molecule has 1 aromatic heterocycles. The molecule has 0 aliphatic carbocycles. The number of hydrogen-bond acceptors (Lipinski definition) is 4. The van der Waals surface area contributed by atoms with Gasteiger partial charge in [0.15, 0.2) is 0 Å². The van der Waals surface area contributed by atoms with Gasteiger partial charge in [-0.25, -0.2) is 9.97 Å². The maximum atomic E-state index is 12.8. The molecule has 0 radical (unpaired) electrons. The third-order valence-electron chi connectivity index (χ3n) is 4.93. The molecule has 0 saturated carbocycles. The minimum atomic E-state index is -0.266. The first-order valence-corrected chi connectivity index (χ1v) is 9.60. The van der Waals surface area contributed by atoms with Gasteiger partial charge in [0, 0.05) is 28.1 Å². The summed E-state index contributed by atoms with van der Waals surface area (Å²) < 4.78 is 0. The van der Waals surface area contributed by atoms with Crippen LogP contribution in [-0.2, 0) is 6.42 Å². The van der Waals surface area contributed by atoms with Crippen LogP contribution in [-0.4, -0.2) is 21.9 Å². The quantitative estimate of drug-likeness (QED) is 0.675. The lowest BCUT2D eigenvalue weighted by atomic mass is 10.1. The largest absolute Gasteiger partial charge is 0.320 e. The highest BCUT2D eigenvalue weighted by Crippen LogP contribution is 2.36. The van der Waals surface area contributed by atoms with E-state index in [2.05, 4.69) is 39.2 Å². The van der Waals surface area contributed by atoms with Crippen molar-refractivity contribution in [2.45, 2.75) is 33.2 Å². The zero-order valence-corrected chi connectivity index (χ0v) is 16.8. The Morgan fingerprint density at radius 3 is 2.71 bits per heavy atom. The molecule has 0 spiro atoms. The maximum absolute atomic E-state index is 12.8. The number of fused-ring (bicyclic) bond motifs is 1. The fourth-order valence-electron chi connectivity index (χ4n) is 3.60. The van der Waals surface area contributed by atoms with Crippen LogP contribution in [0.15, 0.2) is 48.5 Å². The van der Waals surface area contributed by atoms with Crippen molar-refractivity contribution in [3.63, 3.8) is 0 Å². The van der Waals surface area contributed by atoms with E-state index in [0.29, 0.717) is 22.4 Å². The second kappa shape index (κ2) is 7.24. The SMILES string of the molecule is Cc1cc(C(=O)Nc2ccc(Cl)cc2C)nc(N2c3ccccc3CC2C)n1. The molecule has 0 bridgehead atoms. The van der Waals surface area contributed by atoms with Gasteiger partial charge in [0.1, 0.15) is 5.69 Å².